The molecule has 3 heteroatoms. The molecule has 0 spiro atoms. The molecule has 0 aromatic carbocycles. The maximum atomic E-state index is 5.61. The highest BCUT2D eigenvalue weighted by molar-refractivity contribution is 4.72. The highest BCUT2D eigenvalue weighted by atomic mass is 16.7. The summed E-state index contributed by atoms with van der Waals surface area (Å²) in [6.45, 7) is 10.1. The van der Waals surface area contributed by atoms with Gasteiger partial charge in [0.1, 0.15) is 0 Å². The van der Waals surface area contributed by atoms with Crippen molar-refractivity contribution < 1.29 is 9.47 Å². The molecular weight excluding hydrogens is 226 g/mol. The number of hydrogen-bond donors (Lipinski definition) is 0. The molecule has 0 aromatic heterocycles. The van der Waals surface area contributed by atoms with E-state index < -0.39 is 0 Å². The Balaban J connectivity index is 1.66. The molecule has 18 heavy (non-hydrogen) atoms. The second-order valence-corrected chi connectivity index (χ2v) is 6.09. The molecule has 0 saturated carbocycles. The van der Waals surface area contributed by atoms with E-state index in [1.54, 1.807) is 0 Å². The minimum absolute atomic E-state index is 0.0582. The van der Waals surface area contributed by atoms with E-state index in [2.05, 4.69) is 18.7 Å². The molecule has 2 aliphatic heterocycles. The predicted molar refractivity (Wildman–Crippen MR) is 73.5 cm³/mol. The topological polar surface area (TPSA) is 21.7 Å². The van der Waals surface area contributed by atoms with E-state index in [0.717, 1.165) is 44.4 Å². The summed E-state index contributed by atoms with van der Waals surface area (Å²) in [6, 6.07) is 0. The molecule has 106 valence electrons. The molecule has 2 fully saturated rings. The molecule has 0 N–H and O–H groups in total. The Kier molecular flexibility index (Phi) is 5.93. The molecule has 1 atom stereocenters. The SMILES string of the molecule is CC(C)C1CCCN(CCC2OCCCO2)CC1. The zero-order chi connectivity index (χ0) is 12.8. The van der Waals surface area contributed by atoms with Gasteiger partial charge in [0.25, 0.3) is 0 Å². The van der Waals surface area contributed by atoms with Crippen LogP contribution >= 0.6 is 0 Å². The lowest BCUT2D eigenvalue weighted by Gasteiger charge is -2.26. The van der Waals surface area contributed by atoms with Crippen molar-refractivity contribution in [1.82, 2.24) is 4.90 Å². The molecule has 0 bridgehead atoms. The van der Waals surface area contributed by atoms with Crippen LogP contribution in [0.5, 0.6) is 0 Å². The van der Waals surface area contributed by atoms with Gasteiger partial charge in [0.05, 0.1) is 13.2 Å². The van der Waals surface area contributed by atoms with E-state index >= 15 is 0 Å². The van der Waals surface area contributed by atoms with Crippen molar-refractivity contribution in [3.05, 3.63) is 0 Å². The van der Waals surface area contributed by atoms with E-state index in [1.165, 1.54) is 32.4 Å². The Morgan fingerprint density at radius 2 is 1.83 bits per heavy atom. The van der Waals surface area contributed by atoms with E-state index in [9.17, 15) is 0 Å². The van der Waals surface area contributed by atoms with Crippen LogP contribution in [0.25, 0.3) is 0 Å². The third-order valence-corrected chi connectivity index (χ3v) is 4.39. The molecular formula is C15H29NO2. The summed E-state index contributed by atoms with van der Waals surface area (Å²) < 4.78 is 11.2. The van der Waals surface area contributed by atoms with Crippen LogP contribution in [-0.4, -0.2) is 44.0 Å². The molecule has 0 radical (unpaired) electrons. The van der Waals surface area contributed by atoms with Gasteiger partial charge in [-0.05, 0) is 50.6 Å². The Morgan fingerprint density at radius 3 is 2.56 bits per heavy atom. The minimum Gasteiger partial charge on any atom is -0.353 e. The zero-order valence-corrected chi connectivity index (χ0v) is 12.1. The number of likely N-dealkylation sites (tertiary alicyclic amines) is 1. The van der Waals surface area contributed by atoms with Crippen molar-refractivity contribution in [2.45, 2.75) is 52.2 Å². The van der Waals surface area contributed by atoms with Crippen molar-refractivity contribution in [1.29, 1.82) is 0 Å². The summed E-state index contributed by atoms with van der Waals surface area (Å²) in [7, 11) is 0. The monoisotopic (exact) mass is 255 g/mol. The van der Waals surface area contributed by atoms with Gasteiger partial charge in [-0.15, -0.1) is 0 Å². The Morgan fingerprint density at radius 1 is 1.06 bits per heavy atom. The highest BCUT2D eigenvalue weighted by Gasteiger charge is 2.21. The van der Waals surface area contributed by atoms with Gasteiger partial charge in [0, 0.05) is 13.0 Å². The lowest BCUT2D eigenvalue weighted by Crippen LogP contribution is -2.32. The van der Waals surface area contributed by atoms with Crippen LogP contribution in [0.1, 0.15) is 46.0 Å². The van der Waals surface area contributed by atoms with Gasteiger partial charge >= 0.3 is 0 Å². The first kappa shape index (κ1) is 14.3. The van der Waals surface area contributed by atoms with E-state index in [1.807, 2.05) is 0 Å². The average Bonchev–Trinajstić information content (AvgIpc) is 2.63. The standard InChI is InChI=1S/C15H29NO2/c1-13(2)14-5-3-8-16(9-6-14)10-7-15-17-11-4-12-18-15/h13-15H,3-12H2,1-2H3. The van der Waals surface area contributed by atoms with Gasteiger partial charge in [-0.2, -0.15) is 0 Å². The van der Waals surface area contributed by atoms with Crippen LogP contribution < -0.4 is 0 Å². The molecule has 0 amide bonds. The van der Waals surface area contributed by atoms with E-state index in [-0.39, 0.29) is 6.29 Å². The third-order valence-electron chi connectivity index (χ3n) is 4.39. The number of nitrogens with zero attached hydrogens (tertiary/aromatic N) is 1. The summed E-state index contributed by atoms with van der Waals surface area (Å²) >= 11 is 0. The van der Waals surface area contributed by atoms with Gasteiger partial charge in [-0.1, -0.05) is 13.8 Å². The highest BCUT2D eigenvalue weighted by Crippen LogP contribution is 2.24. The molecule has 2 saturated heterocycles. The molecule has 0 aliphatic carbocycles. The maximum Gasteiger partial charge on any atom is 0.158 e. The van der Waals surface area contributed by atoms with E-state index in [4.69, 9.17) is 9.47 Å². The molecule has 2 heterocycles. The first-order chi connectivity index (χ1) is 8.75. The predicted octanol–water partition coefficient (Wildman–Crippen LogP) is 2.90. The quantitative estimate of drug-likeness (QED) is 0.771. The van der Waals surface area contributed by atoms with Crippen LogP contribution in [-0.2, 0) is 9.47 Å². The van der Waals surface area contributed by atoms with Gasteiger partial charge in [0.2, 0.25) is 0 Å². The smallest absolute Gasteiger partial charge is 0.158 e. The molecule has 0 aromatic rings. The van der Waals surface area contributed by atoms with Gasteiger partial charge in [-0.3, -0.25) is 0 Å². The Bertz CT molecular complexity index is 227. The molecule has 3 nitrogen and oxygen atoms in total. The van der Waals surface area contributed by atoms with Crippen molar-refractivity contribution in [2.24, 2.45) is 11.8 Å². The van der Waals surface area contributed by atoms with Crippen LogP contribution in [0.2, 0.25) is 0 Å². The van der Waals surface area contributed by atoms with Crippen LogP contribution in [0.3, 0.4) is 0 Å². The first-order valence-electron chi connectivity index (χ1n) is 7.71. The van der Waals surface area contributed by atoms with Crippen molar-refractivity contribution in [3.8, 4) is 0 Å². The summed E-state index contributed by atoms with van der Waals surface area (Å²) in [5, 5.41) is 0. The van der Waals surface area contributed by atoms with Crippen molar-refractivity contribution in [3.63, 3.8) is 0 Å². The summed E-state index contributed by atoms with van der Waals surface area (Å²) in [5.74, 6) is 1.77. The normalized spacial score (nSPS) is 28.5. The van der Waals surface area contributed by atoms with Crippen molar-refractivity contribution in [2.75, 3.05) is 32.8 Å². The largest absolute Gasteiger partial charge is 0.353 e. The summed E-state index contributed by atoms with van der Waals surface area (Å²) in [6.07, 6.45) is 6.27. The summed E-state index contributed by atoms with van der Waals surface area (Å²) in [4.78, 5) is 2.60. The Hall–Kier alpha value is -0.120. The van der Waals surface area contributed by atoms with Gasteiger partial charge in [-0.25, -0.2) is 0 Å². The van der Waals surface area contributed by atoms with Crippen LogP contribution in [0.15, 0.2) is 0 Å². The average molecular weight is 255 g/mol. The molecule has 2 rings (SSSR count). The minimum atomic E-state index is 0.0582. The lowest BCUT2D eigenvalue weighted by molar-refractivity contribution is -0.182. The number of rotatable bonds is 4. The second kappa shape index (κ2) is 7.46. The fraction of sp³-hybridized carbons (Fsp3) is 1.00. The molecule has 1 unspecified atom stereocenters. The fourth-order valence-corrected chi connectivity index (χ4v) is 3.06. The van der Waals surface area contributed by atoms with E-state index in [0.29, 0.717) is 0 Å². The lowest BCUT2D eigenvalue weighted by atomic mass is 9.89. The first-order valence-corrected chi connectivity index (χ1v) is 7.71. The fourth-order valence-electron chi connectivity index (χ4n) is 3.06. The maximum absolute atomic E-state index is 5.61. The second-order valence-electron chi connectivity index (χ2n) is 6.09. The van der Waals surface area contributed by atoms with Gasteiger partial charge < -0.3 is 14.4 Å². The van der Waals surface area contributed by atoms with Crippen LogP contribution in [0, 0.1) is 11.8 Å². The van der Waals surface area contributed by atoms with Gasteiger partial charge in [0.15, 0.2) is 6.29 Å². The Labute approximate surface area is 112 Å². The summed E-state index contributed by atoms with van der Waals surface area (Å²) in [5.41, 5.74) is 0. The van der Waals surface area contributed by atoms with Crippen LogP contribution in [0.4, 0.5) is 0 Å². The number of ether oxygens (including phenoxy) is 2. The third kappa shape index (κ3) is 4.52. The molecule has 2 aliphatic rings. The zero-order valence-electron chi connectivity index (χ0n) is 12.1. The van der Waals surface area contributed by atoms with Crippen molar-refractivity contribution >= 4 is 0 Å². The number of hydrogen-bond acceptors (Lipinski definition) is 3.